The minimum absolute atomic E-state index is 0.0339. The quantitative estimate of drug-likeness (QED) is 0.631. The summed E-state index contributed by atoms with van der Waals surface area (Å²) in [6.45, 7) is 2.65. The molecule has 1 aliphatic carbocycles. The van der Waals surface area contributed by atoms with Crippen LogP contribution in [0.3, 0.4) is 0 Å². The summed E-state index contributed by atoms with van der Waals surface area (Å²) in [7, 11) is 1.73. The van der Waals surface area contributed by atoms with Crippen molar-refractivity contribution in [1.29, 1.82) is 0 Å². The summed E-state index contributed by atoms with van der Waals surface area (Å²) in [5.74, 6) is 0.690. The first-order valence-electron chi connectivity index (χ1n) is 11.9. The number of methoxy groups -OCH3 is 1. The Morgan fingerprint density at radius 1 is 1.06 bits per heavy atom. The van der Waals surface area contributed by atoms with Crippen molar-refractivity contribution in [2.45, 2.75) is 69.9 Å². The second kappa shape index (κ2) is 10.3. The van der Waals surface area contributed by atoms with Crippen LogP contribution in [0.15, 0.2) is 48.5 Å². The molecule has 2 aromatic carbocycles. The van der Waals surface area contributed by atoms with E-state index in [-0.39, 0.29) is 23.8 Å². The minimum Gasteiger partial charge on any atom is -0.496 e. The lowest BCUT2D eigenvalue weighted by Gasteiger charge is -2.33. The normalized spacial score (nSPS) is 21.9. The summed E-state index contributed by atoms with van der Waals surface area (Å²) >= 11 is 0. The van der Waals surface area contributed by atoms with Crippen molar-refractivity contribution < 1.29 is 14.3 Å². The average Bonchev–Trinajstić information content (AvgIpc) is 2.83. The van der Waals surface area contributed by atoms with Gasteiger partial charge < -0.3 is 10.1 Å². The van der Waals surface area contributed by atoms with Gasteiger partial charge in [0.05, 0.1) is 13.0 Å². The van der Waals surface area contributed by atoms with Crippen LogP contribution in [0, 0.1) is 0 Å². The van der Waals surface area contributed by atoms with Crippen molar-refractivity contribution >= 4 is 11.8 Å². The van der Waals surface area contributed by atoms with Crippen LogP contribution in [0.25, 0.3) is 0 Å². The number of nitrogens with one attached hydrogen (secondary N) is 1. The Balaban J connectivity index is 1.36. The van der Waals surface area contributed by atoms with Crippen molar-refractivity contribution in [3.63, 3.8) is 0 Å². The third-order valence-corrected chi connectivity index (χ3v) is 7.04. The third-order valence-electron chi connectivity index (χ3n) is 7.04. The Labute approximate surface area is 191 Å². The molecule has 3 atom stereocenters. The number of likely N-dealkylation sites (tertiary alicyclic amines) is 1. The predicted octanol–water partition coefficient (Wildman–Crippen LogP) is 4.24. The Kier molecular flexibility index (Phi) is 7.26. The van der Waals surface area contributed by atoms with Gasteiger partial charge in [-0.1, -0.05) is 49.4 Å². The number of fused-ring (bicyclic) bond motifs is 1. The highest BCUT2D eigenvalue weighted by molar-refractivity contribution is 6.01. The maximum atomic E-state index is 13.1. The zero-order valence-electron chi connectivity index (χ0n) is 19.2. The molecule has 170 valence electrons. The Morgan fingerprint density at radius 3 is 2.62 bits per heavy atom. The zero-order chi connectivity index (χ0) is 22.5. The average molecular weight is 435 g/mol. The van der Waals surface area contributed by atoms with Gasteiger partial charge in [0.15, 0.2) is 0 Å². The smallest absolute Gasteiger partial charge is 0.236 e. The van der Waals surface area contributed by atoms with Crippen molar-refractivity contribution in [2.75, 3.05) is 13.7 Å². The number of ether oxygens (including phenoxy) is 1. The lowest BCUT2D eigenvalue weighted by Crippen LogP contribution is -2.47. The van der Waals surface area contributed by atoms with Crippen LogP contribution in [0.1, 0.15) is 61.6 Å². The van der Waals surface area contributed by atoms with Crippen LogP contribution in [0.4, 0.5) is 0 Å². The molecule has 0 spiro atoms. The highest BCUT2D eigenvalue weighted by Crippen LogP contribution is 2.31. The van der Waals surface area contributed by atoms with Gasteiger partial charge in [0.25, 0.3) is 0 Å². The van der Waals surface area contributed by atoms with Gasteiger partial charge in [0, 0.05) is 25.0 Å². The molecule has 1 fully saturated rings. The third kappa shape index (κ3) is 4.88. The first-order chi connectivity index (χ1) is 15.6. The number of piperidine rings is 1. The fraction of sp³-hybridized carbons (Fsp3) is 0.481. The molecule has 1 N–H and O–H groups in total. The molecule has 5 heteroatoms. The van der Waals surface area contributed by atoms with Crippen LogP contribution in [-0.4, -0.2) is 42.5 Å². The van der Waals surface area contributed by atoms with Gasteiger partial charge in [-0.2, -0.15) is 0 Å². The maximum absolute atomic E-state index is 13.1. The van der Waals surface area contributed by atoms with E-state index in [0.29, 0.717) is 25.4 Å². The fourth-order valence-corrected chi connectivity index (χ4v) is 5.18. The van der Waals surface area contributed by atoms with Gasteiger partial charge >= 0.3 is 0 Å². The summed E-state index contributed by atoms with van der Waals surface area (Å²) in [6.07, 6.45) is 5.88. The minimum atomic E-state index is -0.204. The first-order valence-corrected chi connectivity index (χ1v) is 11.9. The second-order valence-electron chi connectivity index (χ2n) is 8.98. The predicted molar refractivity (Wildman–Crippen MR) is 126 cm³/mol. The van der Waals surface area contributed by atoms with E-state index in [1.165, 1.54) is 16.0 Å². The molecule has 2 amide bonds. The summed E-state index contributed by atoms with van der Waals surface area (Å²) in [4.78, 5) is 27.2. The largest absolute Gasteiger partial charge is 0.496 e. The molecule has 1 aliphatic heterocycles. The van der Waals surface area contributed by atoms with E-state index in [9.17, 15) is 9.59 Å². The highest BCUT2D eigenvalue weighted by Gasteiger charge is 2.35. The number of hydrogen-bond acceptors (Lipinski definition) is 4. The number of benzene rings is 2. The SMILES string of the molecule is CCC(CCN1C(=O)CCC(c2ccccc2)C1=O)NC1CCc2cccc(OC)c2C1. The zero-order valence-corrected chi connectivity index (χ0v) is 19.2. The second-order valence-corrected chi connectivity index (χ2v) is 8.98. The fourth-order valence-electron chi connectivity index (χ4n) is 5.18. The molecule has 1 saturated heterocycles. The summed E-state index contributed by atoms with van der Waals surface area (Å²) in [5.41, 5.74) is 3.70. The summed E-state index contributed by atoms with van der Waals surface area (Å²) in [5, 5.41) is 3.81. The van der Waals surface area contributed by atoms with Crippen LogP contribution < -0.4 is 10.1 Å². The van der Waals surface area contributed by atoms with Crippen LogP contribution in [-0.2, 0) is 22.4 Å². The number of hydrogen-bond donors (Lipinski definition) is 1. The molecule has 32 heavy (non-hydrogen) atoms. The standard InChI is InChI=1S/C27H34N2O3/c1-3-21(28-22-13-12-20-10-7-11-25(32-2)24(20)18-22)16-17-29-26(30)15-14-23(27(29)31)19-8-5-4-6-9-19/h4-11,21-23,28H,3,12-18H2,1-2H3. The molecule has 0 radical (unpaired) electrons. The lowest BCUT2D eigenvalue weighted by molar-refractivity contribution is -0.149. The molecular weight excluding hydrogens is 400 g/mol. The van der Waals surface area contributed by atoms with Gasteiger partial charge in [-0.15, -0.1) is 0 Å². The van der Waals surface area contributed by atoms with E-state index < -0.39 is 0 Å². The maximum Gasteiger partial charge on any atom is 0.236 e. The van der Waals surface area contributed by atoms with Crippen molar-refractivity contribution in [3.05, 3.63) is 65.2 Å². The van der Waals surface area contributed by atoms with E-state index in [0.717, 1.165) is 43.4 Å². The van der Waals surface area contributed by atoms with Gasteiger partial charge in [-0.3, -0.25) is 14.5 Å². The first kappa shape index (κ1) is 22.5. The van der Waals surface area contributed by atoms with Crippen molar-refractivity contribution in [1.82, 2.24) is 10.2 Å². The molecule has 4 rings (SSSR count). The highest BCUT2D eigenvalue weighted by atomic mass is 16.5. The van der Waals surface area contributed by atoms with E-state index in [1.54, 1.807) is 7.11 Å². The molecular formula is C27H34N2O3. The topological polar surface area (TPSA) is 58.6 Å². The van der Waals surface area contributed by atoms with Gasteiger partial charge in [-0.25, -0.2) is 0 Å². The van der Waals surface area contributed by atoms with Crippen LogP contribution in [0.2, 0.25) is 0 Å². The molecule has 0 aromatic heterocycles. The van der Waals surface area contributed by atoms with E-state index >= 15 is 0 Å². The van der Waals surface area contributed by atoms with Gasteiger partial charge in [0.2, 0.25) is 11.8 Å². The molecule has 2 aromatic rings. The van der Waals surface area contributed by atoms with E-state index in [2.05, 4.69) is 24.4 Å². The number of nitrogens with zero attached hydrogens (tertiary/aromatic N) is 1. The number of aryl methyl sites for hydroxylation is 1. The summed E-state index contributed by atoms with van der Waals surface area (Å²) < 4.78 is 5.58. The lowest BCUT2D eigenvalue weighted by atomic mass is 9.87. The van der Waals surface area contributed by atoms with Crippen LogP contribution >= 0.6 is 0 Å². The van der Waals surface area contributed by atoms with Gasteiger partial charge in [0.1, 0.15) is 5.75 Å². The van der Waals surface area contributed by atoms with Crippen LogP contribution in [0.5, 0.6) is 5.75 Å². The monoisotopic (exact) mass is 434 g/mol. The molecule has 5 nitrogen and oxygen atoms in total. The van der Waals surface area contributed by atoms with Gasteiger partial charge in [-0.05, 0) is 61.3 Å². The molecule has 0 saturated carbocycles. The van der Waals surface area contributed by atoms with Crippen molar-refractivity contribution in [2.24, 2.45) is 0 Å². The Morgan fingerprint density at radius 2 is 1.88 bits per heavy atom. The van der Waals surface area contributed by atoms with E-state index in [4.69, 9.17) is 4.74 Å². The van der Waals surface area contributed by atoms with E-state index in [1.807, 2.05) is 36.4 Å². The number of amides is 2. The number of imide groups is 1. The Hall–Kier alpha value is -2.66. The van der Waals surface area contributed by atoms with Crippen molar-refractivity contribution in [3.8, 4) is 5.75 Å². The Bertz CT molecular complexity index is 929. The molecule has 3 unspecified atom stereocenters. The molecule has 2 aliphatic rings. The summed E-state index contributed by atoms with van der Waals surface area (Å²) in [6, 6.07) is 16.8. The number of rotatable bonds is 8. The molecule has 0 bridgehead atoms. The molecule has 1 heterocycles. The number of carbonyl (C=O) groups excluding carboxylic acids is 2. The number of carbonyl (C=O) groups is 2.